The number of thiophene rings is 1. The van der Waals surface area contributed by atoms with Crippen molar-refractivity contribution in [1.82, 2.24) is 4.98 Å². The summed E-state index contributed by atoms with van der Waals surface area (Å²) in [5.41, 5.74) is 7.57. The molecule has 0 aliphatic rings. The molecule has 3 aromatic heterocycles. The Balaban J connectivity index is 1.83. The summed E-state index contributed by atoms with van der Waals surface area (Å²) in [5, 5.41) is 15.0. The second-order valence-corrected chi connectivity index (χ2v) is 7.42. The summed E-state index contributed by atoms with van der Waals surface area (Å²) in [5.74, 6) is 0.344. The van der Waals surface area contributed by atoms with Crippen LogP contribution in [-0.4, -0.2) is 24.2 Å². The van der Waals surface area contributed by atoms with Crippen molar-refractivity contribution in [3.05, 3.63) is 44.9 Å². The van der Waals surface area contributed by atoms with Gasteiger partial charge in [0.2, 0.25) is 0 Å². The lowest BCUT2D eigenvalue weighted by molar-refractivity contribution is -0.129. The van der Waals surface area contributed by atoms with Crippen LogP contribution in [0.3, 0.4) is 0 Å². The fraction of sp³-hybridized carbons (Fsp3) is 0.333. The van der Waals surface area contributed by atoms with Crippen LogP contribution in [0.15, 0.2) is 28.0 Å². The summed E-state index contributed by atoms with van der Waals surface area (Å²) >= 11 is 7.72. The van der Waals surface area contributed by atoms with Gasteiger partial charge in [0.25, 0.3) is 0 Å². The van der Waals surface area contributed by atoms with E-state index in [1.807, 2.05) is 17.5 Å². The van der Waals surface area contributed by atoms with E-state index in [1.54, 1.807) is 17.4 Å². The van der Waals surface area contributed by atoms with Crippen LogP contribution in [0.1, 0.15) is 22.6 Å². The van der Waals surface area contributed by atoms with Crippen LogP contribution in [0, 0.1) is 11.3 Å². The maximum absolute atomic E-state index is 12.1. The van der Waals surface area contributed by atoms with E-state index in [0.29, 0.717) is 29.1 Å². The molecule has 0 saturated heterocycles. The SMILES string of the molecule is N#Cc1c(C[C@@H](N)CCOC(F)F)oc2c(NCc3cccs3)cc(Cl)nc12. The minimum absolute atomic E-state index is 0.182. The molecule has 0 amide bonds. The van der Waals surface area contributed by atoms with Crippen molar-refractivity contribution >= 4 is 39.7 Å². The molecule has 28 heavy (non-hydrogen) atoms. The molecule has 0 aromatic carbocycles. The number of fused-ring (bicyclic) bond motifs is 1. The van der Waals surface area contributed by atoms with Gasteiger partial charge in [-0.1, -0.05) is 17.7 Å². The molecular weight excluding hydrogens is 410 g/mol. The lowest BCUT2D eigenvalue weighted by Crippen LogP contribution is -2.25. The van der Waals surface area contributed by atoms with Crippen molar-refractivity contribution in [2.24, 2.45) is 5.73 Å². The Morgan fingerprint density at radius 1 is 1.46 bits per heavy atom. The van der Waals surface area contributed by atoms with Gasteiger partial charge in [-0.25, -0.2) is 4.98 Å². The van der Waals surface area contributed by atoms with Gasteiger partial charge in [0, 0.05) is 30.0 Å². The van der Waals surface area contributed by atoms with Gasteiger partial charge in [0.15, 0.2) is 5.58 Å². The first kappa shape index (κ1) is 20.5. The van der Waals surface area contributed by atoms with Crippen molar-refractivity contribution in [3.8, 4) is 6.07 Å². The van der Waals surface area contributed by atoms with Crippen molar-refractivity contribution < 1.29 is 17.9 Å². The molecule has 0 radical (unpaired) electrons. The molecule has 0 unspecified atom stereocenters. The number of rotatable bonds is 9. The van der Waals surface area contributed by atoms with Gasteiger partial charge in [-0.05, 0) is 17.9 Å². The van der Waals surface area contributed by atoms with Crippen LogP contribution >= 0.6 is 22.9 Å². The predicted octanol–water partition coefficient (Wildman–Crippen LogP) is 4.53. The van der Waals surface area contributed by atoms with Crippen molar-refractivity contribution in [2.45, 2.75) is 32.0 Å². The van der Waals surface area contributed by atoms with Crippen LogP contribution in [0.4, 0.5) is 14.5 Å². The highest BCUT2D eigenvalue weighted by Crippen LogP contribution is 2.33. The quantitative estimate of drug-likeness (QED) is 0.488. The van der Waals surface area contributed by atoms with E-state index >= 15 is 0 Å². The summed E-state index contributed by atoms with van der Waals surface area (Å²) in [7, 11) is 0. The summed E-state index contributed by atoms with van der Waals surface area (Å²) in [4.78, 5) is 5.33. The van der Waals surface area contributed by atoms with E-state index < -0.39 is 12.7 Å². The molecule has 148 valence electrons. The van der Waals surface area contributed by atoms with E-state index in [4.69, 9.17) is 21.8 Å². The monoisotopic (exact) mass is 426 g/mol. The molecule has 3 heterocycles. The van der Waals surface area contributed by atoms with Gasteiger partial charge < -0.3 is 20.2 Å². The second kappa shape index (κ2) is 9.30. The summed E-state index contributed by atoms with van der Waals surface area (Å²) in [6.07, 6.45) is 0.387. The highest BCUT2D eigenvalue weighted by Gasteiger charge is 2.21. The maximum atomic E-state index is 12.1. The first-order valence-corrected chi connectivity index (χ1v) is 9.67. The molecule has 0 saturated carbocycles. The Morgan fingerprint density at radius 2 is 2.29 bits per heavy atom. The Hall–Kier alpha value is -2.25. The molecule has 0 aliphatic heterocycles. The number of halogens is 3. The molecule has 1 atom stereocenters. The molecule has 6 nitrogen and oxygen atoms in total. The number of alkyl halides is 2. The normalized spacial score (nSPS) is 12.4. The first-order valence-electron chi connectivity index (χ1n) is 8.41. The molecule has 3 rings (SSSR count). The minimum atomic E-state index is -2.84. The minimum Gasteiger partial charge on any atom is -0.456 e. The van der Waals surface area contributed by atoms with Crippen LogP contribution < -0.4 is 11.1 Å². The molecule has 3 aromatic rings. The number of hydrogen-bond acceptors (Lipinski definition) is 7. The van der Waals surface area contributed by atoms with E-state index in [9.17, 15) is 14.0 Å². The topological polar surface area (TPSA) is 97.1 Å². The molecule has 0 bridgehead atoms. The van der Waals surface area contributed by atoms with Gasteiger partial charge in [-0.15, -0.1) is 11.3 Å². The van der Waals surface area contributed by atoms with E-state index in [1.165, 1.54) is 0 Å². The average Bonchev–Trinajstić information content (AvgIpc) is 3.26. The van der Waals surface area contributed by atoms with Crippen LogP contribution in [0.5, 0.6) is 0 Å². The fourth-order valence-corrected chi connectivity index (χ4v) is 3.55. The number of aromatic nitrogens is 1. The first-order chi connectivity index (χ1) is 13.5. The smallest absolute Gasteiger partial charge is 0.345 e. The van der Waals surface area contributed by atoms with Crippen molar-refractivity contribution in [3.63, 3.8) is 0 Å². The van der Waals surface area contributed by atoms with Crippen molar-refractivity contribution in [2.75, 3.05) is 11.9 Å². The third-order valence-electron chi connectivity index (χ3n) is 4.01. The predicted molar refractivity (Wildman–Crippen MR) is 104 cm³/mol. The van der Waals surface area contributed by atoms with Gasteiger partial charge >= 0.3 is 6.61 Å². The number of hydrogen-bond donors (Lipinski definition) is 2. The van der Waals surface area contributed by atoms with E-state index in [2.05, 4.69) is 21.1 Å². The Bertz CT molecular complexity index is 972. The lowest BCUT2D eigenvalue weighted by Gasteiger charge is -2.10. The summed E-state index contributed by atoms with van der Waals surface area (Å²) in [6.45, 7) is -2.45. The average molecular weight is 427 g/mol. The van der Waals surface area contributed by atoms with E-state index in [0.717, 1.165) is 4.88 Å². The highest BCUT2D eigenvalue weighted by atomic mass is 35.5. The Kier molecular flexibility index (Phi) is 6.80. The number of pyridine rings is 1. The zero-order chi connectivity index (χ0) is 20.1. The highest BCUT2D eigenvalue weighted by molar-refractivity contribution is 7.09. The number of ether oxygens (including phenoxy) is 1. The molecule has 10 heteroatoms. The number of nitrogens with zero attached hydrogens (tertiary/aromatic N) is 2. The van der Waals surface area contributed by atoms with Crippen LogP contribution in [-0.2, 0) is 17.7 Å². The zero-order valence-corrected chi connectivity index (χ0v) is 16.2. The number of anilines is 1. The van der Waals surface area contributed by atoms with Crippen LogP contribution in [0.25, 0.3) is 11.1 Å². The molecule has 0 aliphatic carbocycles. The Labute approximate surface area is 168 Å². The second-order valence-electron chi connectivity index (χ2n) is 6.00. The number of furan rings is 1. The molecule has 0 fully saturated rings. The van der Waals surface area contributed by atoms with Crippen molar-refractivity contribution in [1.29, 1.82) is 5.26 Å². The Morgan fingerprint density at radius 3 is 2.96 bits per heavy atom. The zero-order valence-electron chi connectivity index (χ0n) is 14.6. The van der Waals surface area contributed by atoms with Gasteiger partial charge in [0.05, 0.1) is 12.3 Å². The third kappa shape index (κ3) is 4.97. The molecule has 0 spiro atoms. The maximum Gasteiger partial charge on any atom is 0.345 e. The van der Waals surface area contributed by atoms with Gasteiger partial charge in [-0.3, -0.25) is 0 Å². The molecular formula is C18H17ClF2N4O2S. The number of nitriles is 1. The lowest BCUT2D eigenvalue weighted by atomic mass is 10.1. The van der Waals surface area contributed by atoms with Crippen LogP contribution in [0.2, 0.25) is 5.15 Å². The largest absolute Gasteiger partial charge is 0.456 e. The molecule has 3 N–H and O–H groups in total. The standard InChI is InChI=1S/C18H17ClF2N4O2S/c19-15-7-13(24-9-11-2-1-5-28-11)17-16(25-15)12(8-22)14(27-17)6-10(23)3-4-26-18(20)21/h1-2,5,7,10,18H,3-4,6,9,23H2,(H,24,25)/t10-/m0/s1. The summed E-state index contributed by atoms with van der Waals surface area (Å²) in [6, 6.07) is 7.14. The fourth-order valence-electron chi connectivity index (χ4n) is 2.72. The summed E-state index contributed by atoms with van der Waals surface area (Å²) < 4.78 is 34.2. The number of nitrogens with two attached hydrogens (primary N) is 1. The third-order valence-corrected chi connectivity index (χ3v) is 5.08. The van der Waals surface area contributed by atoms with E-state index in [-0.39, 0.29) is 30.2 Å². The number of nitrogens with one attached hydrogen (secondary N) is 1. The van der Waals surface area contributed by atoms with Gasteiger partial charge in [-0.2, -0.15) is 14.0 Å². The van der Waals surface area contributed by atoms with Gasteiger partial charge in [0.1, 0.15) is 28.1 Å².